The van der Waals surface area contributed by atoms with Gasteiger partial charge >= 0.3 is 0 Å². The lowest BCUT2D eigenvalue weighted by molar-refractivity contribution is -0.139. The van der Waals surface area contributed by atoms with Crippen LogP contribution >= 0.6 is 0 Å². The van der Waals surface area contributed by atoms with E-state index in [0.717, 1.165) is 12.0 Å². The number of anilines is 1. The molecule has 1 heterocycles. The number of carbonyl (C=O) groups is 2. The van der Waals surface area contributed by atoms with Crippen LogP contribution in [-0.4, -0.2) is 35.9 Å². The molecule has 26 heavy (non-hydrogen) atoms. The Morgan fingerprint density at radius 2 is 1.81 bits per heavy atom. The minimum atomic E-state index is -0.691. The van der Waals surface area contributed by atoms with Crippen LogP contribution in [0.5, 0.6) is 5.75 Å². The van der Waals surface area contributed by atoms with Gasteiger partial charge < -0.3 is 14.5 Å². The molecule has 0 aliphatic carbocycles. The van der Waals surface area contributed by atoms with Crippen molar-refractivity contribution in [2.75, 3.05) is 18.0 Å². The first-order chi connectivity index (χ1) is 12.6. The largest absolute Gasteiger partial charge is 0.476 e. The number of hydrogen-bond donors (Lipinski definition) is 0. The number of nitrogens with zero attached hydrogens (tertiary/aromatic N) is 2. The van der Waals surface area contributed by atoms with Gasteiger partial charge in [-0.05, 0) is 24.1 Å². The average Bonchev–Trinajstić information content (AvgIpc) is 2.67. The third-order valence-electron chi connectivity index (χ3n) is 4.45. The third-order valence-corrected chi connectivity index (χ3v) is 4.45. The van der Waals surface area contributed by atoms with E-state index in [9.17, 15) is 9.59 Å². The Labute approximate surface area is 154 Å². The lowest BCUT2D eigenvalue weighted by Gasteiger charge is -2.36. The molecule has 0 radical (unpaired) electrons. The first kappa shape index (κ1) is 18.0. The molecule has 0 bridgehead atoms. The summed E-state index contributed by atoms with van der Waals surface area (Å²) in [5.74, 6) is 0.392. The Kier molecular flexibility index (Phi) is 5.56. The Morgan fingerprint density at radius 1 is 1.12 bits per heavy atom. The van der Waals surface area contributed by atoms with Crippen LogP contribution in [0.15, 0.2) is 54.6 Å². The summed E-state index contributed by atoms with van der Waals surface area (Å²) in [7, 11) is 0. The van der Waals surface area contributed by atoms with Crippen LogP contribution in [0.2, 0.25) is 0 Å². The van der Waals surface area contributed by atoms with E-state index in [1.54, 1.807) is 11.0 Å². The van der Waals surface area contributed by atoms with Crippen molar-refractivity contribution < 1.29 is 14.3 Å². The fourth-order valence-electron chi connectivity index (χ4n) is 3.21. The number of para-hydroxylation sites is 2. The Morgan fingerprint density at radius 3 is 2.50 bits per heavy atom. The molecule has 136 valence electrons. The standard InChI is InChI=1S/C21H24N2O3/c1-3-13-22(14-17-9-5-4-6-10-17)21(25)20-15-23(16(2)24)18-11-7-8-12-19(18)26-20/h4-12,20H,3,13-15H2,1-2H3. The predicted molar refractivity (Wildman–Crippen MR) is 101 cm³/mol. The topological polar surface area (TPSA) is 49.9 Å². The van der Waals surface area contributed by atoms with Crippen LogP contribution in [0.1, 0.15) is 25.8 Å². The van der Waals surface area contributed by atoms with Crippen molar-refractivity contribution in [1.29, 1.82) is 0 Å². The molecule has 0 N–H and O–H groups in total. The number of rotatable bonds is 5. The van der Waals surface area contributed by atoms with Crippen molar-refractivity contribution in [2.24, 2.45) is 0 Å². The van der Waals surface area contributed by atoms with E-state index < -0.39 is 6.10 Å². The number of benzene rings is 2. The van der Waals surface area contributed by atoms with E-state index in [4.69, 9.17) is 4.74 Å². The van der Waals surface area contributed by atoms with Gasteiger partial charge in [0.05, 0.1) is 12.2 Å². The predicted octanol–water partition coefficient (Wildman–Crippen LogP) is 3.24. The van der Waals surface area contributed by atoms with Crippen molar-refractivity contribution in [3.8, 4) is 5.75 Å². The smallest absolute Gasteiger partial charge is 0.265 e. The monoisotopic (exact) mass is 352 g/mol. The molecule has 2 aromatic rings. The molecule has 1 aliphatic heterocycles. The highest BCUT2D eigenvalue weighted by Crippen LogP contribution is 2.33. The van der Waals surface area contributed by atoms with Crippen LogP contribution in [0.4, 0.5) is 5.69 Å². The van der Waals surface area contributed by atoms with Gasteiger partial charge in [0.25, 0.3) is 5.91 Å². The molecule has 1 aliphatic rings. The van der Waals surface area contributed by atoms with Crippen LogP contribution < -0.4 is 9.64 Å². The number of hydrogen-bond acceptors (Lipinski definition) is 3. The molecule has 0 saturated heterocycles. The summed E-state index contributed by atoms with van der Waals surface area (Å²) >= 11 is 0. The quantitative estimate of drug-likeness (QED) is 0.830. The molecular weight excluding hydrogens is 328 g/mol. The molecule has 2 amide bonds. The van der Waals surface area contributed by atoms with Gasteiger partial charge in [-0.25, -0.2) is 0 Å². The van der Waals surface area contributed by atoms with Crippen LogP contribution in [0, 0.1) is 0 Å². The zero-order chi connectivity index (χ0) is 18.5. The summed E-state index contributed by atoms with van der Waals surface area (Å²) in [6.07, 6.45) is 0.169. The lowest BCUT2D eigenvalue weighted by Crippen LogP contribution is -2.51. The van der Waals surface area contributed by atoms with E-state index >= 15 is 0 Å². The van der Waals surface area contributed by atoms with Gasteiger partial charge in [-0.2, -0.15) is 0 Å². The van der Waals surface area contributed by atoms with Crippen molar-refractivity contribution in [1.82, 2.24) is 4.90 Å². The van der Waals surface area contributed by atoms with Gasteiger partial charge in [0.2, 0.25) is 5.91 Å². The molecule has 0 fully saturated rings. The van der Waals surface area contributed by atoms with Gasteiger partial charge in [0.15, 0.2) is 6.10 Å². The van der Waals surface area contributed by atoms with Crippen molar-refractivity contribution in [3.63, 3.8) is 0 Å². The van der Waals surface area contributed by atoms with Gasteiger partial charge in [0.1, 0.15) is 5.75 Å². The highest BCUT2D eigenvalue weighted by Gasteiger charge is 2.34. The summed E-state index contributed by atoms with van der Waals surface area (Å²) in [6.45, 7) is 4.98. The molecule has 2 aromatic carbocycles. The van der Waals surface area contributed by atoms with Gasteiger partial charge in [-0.15, -0.1) is 0 Å². The normalized spacial score (nSPS) is 15.8. The lowest BCUT2D eigenvalue weighted by atomic mass is 10.1. The molecule has 0 aromatic heterocycles. The number of ether oxygens (including phenoxy) is 1. The summed E-state index contributed by atoms with van der Waals surface area (Å²) in [5.41, 5.74) is 1.79. The van der Waals surface area contributed by atoms with Gasteiger partial charge in [0, 0.05) is 20.0 Å². The van der Waals surface area contributed by atoms with Crippen LogP contribution in [0.25, 0.3) is 0 Å². The van der Waals surface area contributed by atoms with Crippen LogP contribution in [-0.2, 0) is 16.1 Å². The molecule has 1 atom stereocenters. The van der Waals surface area contributed by atoms with E-state index in [0.29, 0.717) is 24.5 Å². The summed E-state index contributed by atoms with van der Waals surface area (Å²) < 4.78 is 5.95. The Balaban J connectivity index is 1.82. The molecule has 1 unspecified atom stereocenters. The summed E-state index contributed by atoms with van der Waals surface area (Å²) in [6, 6.07) is 17.3. The summed E-state index contributed by atoms with van der Waals surface area (Å²) in [5, 5.41) is 0. The average molecular weight is 352 g/mol. The van der Waals surface area contributed by atoms with Crippen molar-refractivity contribution >= 4 is 17.5 Å². The van der Waals surface area contributed by atoms with Gasteiger partial charge in [-0.3, -0.25) is 9.59 Å². The first-order valence-electron chi connectivity index (χ1n) is 8.96. The fraction of sp³-hybridized carbons (Fsp3) is 0.333. The second-order valence-electron chi connectivity index (χ2n) is 6.45. The third kappa shape index (κ3) is 3.87. The highest BCUT2D eigenvalue weighted by molar-refractivity contribution is 5.95. The second-order valence-corrected chi connectivity index (χ2v) is 6.45. The van der Waals surface area contributed by atoms with Crippen LogP contribution in [0.3, 0.4) is 0 Å². The Bertz CT molecular complexity index is 776. The minimum absolute atomic E-state index is 0.0866. The molecule has 0 saturated carbocycles. The SMILES string of the molecule is CCCN(Cc1ccccc1)C(=O)C1CN(C(C)=O)c2ccccc2O1. The van der Waals surface area contributed by atoms with E-state index in [1.165, 1.54) is 6.92 Å². The van der Waals surface area contributed by atoms with Crippen molar-refractivity contribution in [2.45, 2.75) is 32.9 Å². The Hall–Kier alpha value is -2.82. The van der Waals surface area contributed by atoms with E-state index in [-0.39, 0.29) is 18.4 Å². The zero-order valence-electron chi connectivity index (χ0n) is 15.2. The number of carbonyl (C=O) groups excluding carboxylic acids is 2. The maximum atomic E-state index is 13.1. The zero-order valence-corrected chi connectivity index (χ0v) is 15.2. The number of amides is 2. The molecule has 5 nitrogen and oxygen atoms in total. The second kappa shape index (κ2) is 8.04. The van der Waals surface area contributed by atoms with Crippen molar-refractivity contribution in [3.05, 3.63) is 60.2 Å². The summed E-state index contributed by atoms with van der Waals surface area (Å²) in [4.78, 5) is 28.6. The maximum absolute atomic E-state index is 13.1. The molecule has 0 spiro atoms. The minimum Gasteiger partial charge on any atom is -0.476 e. The van der Waals surface area contributed by atoms with Gasteiger partial charge in [-0.1, -0.05) is 49.4 Å². The highest BCUT2D eigenvalue weighted by atomic mass is 16.5. The number of fused-ring (bicyclic) bond motifs is 1. The fourth-order valence-corrected chi connectivity index (χ4v) is 3.21. The molecule has 3 rings (SSSR count). The first-order valence-corrected chi connectivity index (χ1v) is 8.96. The molecule has 5 heteroatoms. The van der Waals surface area contributed by atoms with E-state index in [2.05, 4.69) is 0 Å². The van der Waals surface area contributed by atoms with E-state index in [1.807, 2.05) is 60.4 Å². The maximum Gasteiger partial charge on any atom is 0.265 e. The molecular formula is C21H24N2O3.